The second-order valence-electron chi connectivity index (χ2n) is 4.92. The van der Waals surface area contributed by atoms with Crippen molar-refractivity contribution in [1.82, 2.24) is 4.90 Å². The first-order valence-electron chi connectivity index (χ1n) is 6.10. The molecule has 0 aromatic rings. The Morgan fingerprint density at radius 3 is 2.21 bits per heavy atom. The summed E-state index contributed by atoms with van der Waals surface area (Å²) in [6.45, 7) is 5.71. The summed E-state index contributed by atoms with van der Waals surface area (Å²) < 4.78 is 0. The van der Waals surface area contributed by atoms with Gasteiger partial charge in [-0.2, -0.15) is 0 Å². The van der Waals surface area contributed by atoms with Crippen LogP contribution in [0.5, 0.6) is 0 Å². The van der Waals surface area contributed by atoms with Crippen LogP contribution in [0.4, 0.5) is 0 Å². The van der Waals surface area contributed by atoms with Crippen molar-refractivity contribution in [3.05, 3.63) is 0 Å². The number of nitrogens with zero attached hydrogens (tertiary/aromatic N) is 1. The van der Waals surface area contributed by atoms with Gasteiger partial charge >= 0.3 is 0 Å². The highest BCUT2D eigenvalue weighted by atomic mass is 15.1. The van der Waals surface area contributed by atoms with Gasteiger partial charge in [0.25, 0.3) is 0 Å². The summed E-state index contributed by atoms with van der Waals surface area (Å²) >= 11 is 0. The van der Waals surface area contributed by atoms with Crippen LogP contribution in [-0.4, -0.2) is 30.1 Å². The number of rotatable bonds is 6. The molecule has 2 N–H and O–H groups in total. The fourth-order valence-electron chi connectivity index (χ4n) is 2.37. The van der Waals surface area contributed by atoms with Gasteiger partial charge in [-0.05, 0) is 52.1 Å². The van der Waals surface area contributed by atoms with Gasteiger partial charge in [-0.1, -0.05) is 13.8 Å². The fraction of sp³-hybridized carbons (Fsp3) is 1.00. The molecule has 0 unspecified atom stereocenters. The van der Waals surface area contributed by atoms with Gasteiger partial charge in [0.15, 0.2) is 0 Å². The van der Waals surface area contributed by atoms with Gasteiger partial charge in [0.05, 0.1) is 0 Å². The Labute approximate surface area is 88.8 Å². The Morgan fingerprint density at radius 1 is 1.29 bits per heavy atom. The molecule has 1 rings (SSSR count). The minimum absolute atomic E-state index is 0.195. The third-order valence-electron chi connectivity index (χ3n) is 3.88. The number of nitrogens with two attached hydrogens (primary N) is 1. The molecule has 2 heteroatoms. The molecule has 0 atom stereocenters. The average Bonchev–Trinajstić information content (AvgIpc) is 2.13. The molecule has 1 fully saturated rings. The summed E-state index contributed by atoms with van der Waals surface area (Å²) in [5.41, 5.74) is 6.40. The molecular weight excluding hydrogens is 172 g/mol. The molecule has 14 heavy (non-hydrogen) atoms. The van der Waals surface area contributed by atoms with Crippen LogP contribution in [0.15, 0.2) is 0 Å². The Morgan fingerprint density at radius 2 is 1.86 bits per heavy atom. The second kappa shape index (κ2) is 5.13. The maximum absolute atomic E-state index is 6.21. The van der Waals surface area contributed by atoms with Crippen LogP contribution in [0, 0.1) is 0 Å². The van der Waals surface area contributed by atoms with Crippen molar-refractivity contribution in [3.8, 4) is 0 Å². The normalized spacial score (nSPS) is 20.1. The summed E-state index contributed by atoms with van der Waals surface area (Å²) in [5.74, 6) is 0. The zero-order valence-electron chi connectivity index (χ0n) is 10.1. The van der Waals surface area contributed by atoms with Crippen molar-refractivity contribution < 1.29 is 0 Å². The van der Waals surface area contributed by atoms with E-state index in [9.17, 15) is 0 Å². The Hall–Kier alpha value is -0.0800. The smallest absolute Gasteiger partial charge is 0.0166 e. The lowest BCUT2D eigenvalue weighted by atomic mass is 9.75. The van der Waals surface area contributed by atoms with E-state index in [0.29, 0.717) is 0 Å². The minimum atomic E-state index is 0.195. The van der Waals surface area contributed by atoms with E-state index in [-0.39, 0.29) is 5.54 Å². The van der Waals surface area contributed by atoms with E-state index in [1.165, 1.54) is 45.1 Å². The molecule has 0 aromatic heterocycles. The third kappa shape index (κ3) is 2.96. The Kier molecular flexibility index (Phi) is 4.39. The SMILES string of the molecule is CCC(CC)N(C)CCC1(N)CCC1. The maximum Gasteiger partial charge on any atom is 0.0166 e. The van der Waals surface area contributed by atoms with Crippen LogP contribution < -0.4 is 5.73 Å². The van der Waals surface area contributed by atoms with Gasteiger partial charge in [-0.15, -0.1) is 0 Å². The molecule has 1 aliphatic rings. The summed E-state index contributed by atoms with van der Waals surface area (Å²) in [7, 11) is 2.24. The molecule has 0 aromatic carbocycles. The summed E-state index contributed by atoms with van der Waals surface area (Å²) in [4.78, 5) is 2.48. The minimum Gasteiger partial charge on any atom is -0.325 e. The highest BCUT2D eigenvalue weighted by Crippen LogP contribution is 2.32. The van der Waals surface area contributed by atoms with Crippen LogP contribution in [0.2, 0.25) is 0 Å². The van der Waals surface area contributed by atoms with Crippen molar-refractivity contribution in [2.45, 2.75) is 64.0 Å². The first-order valence-corrected chi connectivity index (χ1v) is 6.10. The van der Waals surface area contributed by atoms with Gasteiger partial charge in [0.1, 0.15) is 0 Å². The third-order valence-corrected chi connectivity index (χ3v) is 3.88. The van der Waals surface area contributed by atoms with E-state index in [2.05, 4.69) is 25.8 Å². The molecule has 1 aliphatic carbocycles. The molecule has 0 bridgehead atoms. The first-order chi connectivity index (χ1) is 6.61. The van der Waals surface area contributed by atoms with E-state index >= 15 is 0 Å². The summed E-state index contributed by atoms with van der Waals surface area (Å²) in [6.07, 6.45) is 7.51. The Balaban J connectivity index is 2.22. The molecule has 0 heterocycles. The van der Waals surface area contributed by atoms with Crippen molar-refractivity contribution in [2.75, 3.05) is 13.6 Å². The molecule has 1 saturated carbocycles. The molecule has 0 saturated heterocycles. The largest absolute Gasteiger partial charge is 0.325 e. The quantitative estimate of drug-likeness (QED) is 0.710. The van der Waals surface area contributed by atoms with Crippen LogP contribution in [0.25, 0.3) is 0 Å². The van der Waals surface area contributed by atoms with Crippen molar-refractivity contribution in [2.24, 2.45) is 5.73 Å². The van der Waals surface area contributed by atoms with Crippen LogP contribution in [-0.2, 0) is 0 Å². The van der Waals surface area contributed by atoms with Crippen LogP contribution in [0.3, 0.4) is 0 Å². The van der Waals surface area contributed by atoms with E-state index < -0.39 is 0 Å². The average molecular weight is 198 g/mol. The zero-order valence-corrected chi connectivity index (χ0v) is 10.1. The lowest BCUT2D eigenvalue weighted by Crippen LogP contribution is -2.49. The van der Waals surface area contributed by atoms with Gasteiger partial charge in [0.2, 0.25) is 0 Å². The highest BCUT2D eigenvalue weighted by Gasteiger charge is 2.32. The van der Waals surface area contributed by atoms with Gasteiger partial charge in [-0.3, -0.25) is 0 Å². The molecule has 0 amide bonds. The van der Waals surface area contributed by atoms with Crippen molar-refractivity contribution >= 4 is 0 Å². The molecule has 0 radical (unpaired) electrons. The van der Waals surface area contributed by atoms with Crippen LogP contribution >= 0.6 is 0 Å². The second-order valence-corrected chi connectivity index (χ2v) is 4.92. The molecule has 0 aliphatic heterocycles. The topological polar surface area (TPSA) is 29.3 Å². The lowest BCUT2D eigenvalue weighted by molar-refractivity contribution is 0.165. The molecule has 0 spiro atoms. The van der Waals surface area contributed by atoms with E-state index in [0.717, 1.165) is 6.04 Å². The Bertz CT molecular complexity index is 160. The van der Waals surface area contributed by atoms with Gasteiger partial charge < -0.3 is 10.6 Å². The molecule has 2 nitrogen and oxygen atoms in total. The predicted molar refractivity (Wildman–Crippen MR) is 62.4 cm³/mol. The number of hydrogen-bond acceptors (Lipinski definition) is 2. The zero-order chi connectivity index (χ0) is 10.6. The monoisotopic (exact) mass is 198 g/mol. The molecule has 84 valence electrons. The highest BCUT2D eigenvalue weighted by molar-refractivity contribution is 4.93. The maximum atomic E-state index is 6.21. The fourth-order valence-corrected chi connectivity index (χ4v) is 2.37. The van der Waals surface area contributed by atoms with E-state index in [4.69, 9.17) is 5.73 Å². The van der Waals surface area contributed by atoms with Crippen molar-refractivity contribution in [1.29, 1.82) is 0 Å². The predicted octanol–water partition coefficient (Wildman–Crippen LogP) is 2.38. The van der Waals surface area contributed by atoms with E-state index in [1.807, 2.05) is 0 Å². The van der Waals surface area contributed by atoms with Gasteiger partial charge in [-0.25, -0.2) is 0 Å². The summed E-state index contributed by atoms with van der Waals surface area (Å²) in [5, 5.41) is 0. The van der Waals surface area contributed by atoms with Crippen molar-refractivity contribution in [3.63, 3.8) is 0 Å². The lowest BCUT2D eigenvalue weighted by Gasteiger charge is -2.40. The van der Waals surface area contributed by atoms with Gasteiger partial charge in [0, 0.05) is 11.6 Å². The first kappa shape index (κ1) is 12.0. The standard InChI is InChI=1S/C12H26N2/c1-4-11(5-2)14(3)10-9-12(13)7-6-8-12/h11H,4-10,13H2,1-3H3. The summed E-state index contributed by atoms with van der Waals surface area (Å²) in [6, 6.07) is 0.749. The van der Waals surface area contributed by atoms with E-state index in [1.54, 1.807) is 0 Å². The van der Waals surface area contributed by atoms with Crippen LogP contribution in [0.1, 0.15) is 52.4 Å². The molecular formula is C12H26N2. The number of hydrogen-bond donors (Lipinski definition) is 1.